The van der Waals surface area contributed by atoms with E-state index >= 15 is 0 Å². The van der Waals surface area contributed by atoms with Gasteiger partial charge in [0, 0.05) is 6.07 Å². The number of nitrogens with zero attached hydrogens (tertiary/aromatic N) is 3. The van der Waals surface area contributed by atoms with Crippen LogP contribution in [0.4, 0.5) is 10.1 Å². The summed E-state index contributed by atoms with van der Waals surface area (Å²) in [5.41, 5.74) is 2.25. The Kier molecular flexibility index (Phi) is 4.52. The first kappa shape index (κ1) is 14.1. The number of halogens is 1. The lowest BCUT2D eigenvalue weighted by molar-refractivity contribution is 0.271. The Morgan fingerprint density at radius 2 is 2.14 bits per heavy atom. The average molecular weight is 284 g/mol. The van der Waals surface area contributed by atoms with Crippen molar-refractivity contribution in [2.45, 2.75) is 6.61 Å². The summed E-state index contributed by atoms with van der Waals surface area (Å²) in [6, 6.07) is 10.4. The van der Waals surface area contributed by atoms with Gasteiger partial charge in [-0.15, -0.1) is 0 Å². The van der Waals surface area contributed by atoms with Crippen molar-refractivity contribution in [1.82, 2.24) is 0 Å². The zero-order valence-electron chi connectivity index (χ0n) is 10.7. The second-order valence-corrected chi connectivity index (χ2v) is 3.80. The van der Waals surface area contributed by atoms with Crippen molar-refractivity contribution in [3.8, 4) is 17.9 Å². The number of anilines is 1. The molecule has 0 aliphatic heterocycles. The van der Waals surface area contributed by atoms with E-state index in [1.54, 1.807) is 24.3 Å². The first-order valence-electron chi connectivity index (χ1n) is 5.81. The SMILES string of the molecule is N#CC(C#N)=NNc1cc(F)ccc1OCc1ccco1. The van der Waals surface area contributed by atoms with Gasteiger partial charge in [0.25, 0.3) is 0 Å². The maximum Gasteiger partial charge on any atom is 0.237 e. The predicted molar refractivity (Wildman–Crippen MR) is 71.7 cm³/mol. The normalized spacial score (nSPS) is 9.29. The van der Waals surface area contributed by atoms with Crippen LogP contribution in [0.3, 0.4) is 0 Å². The van der Waals surface area contributed by atoms with Gasteiger partial charge in [0.05, 0.1) is 6.26 Å². The summed E-state index contributed by atoms with van der Waals surface area (Å²) in [5, 5.41) is 20.7. The molecule has 0 radical (unpaired) electrons. The zero-order chi connectivity index (χ0) is 15.1. The Morgan fingerprint density at radius 3 is 2.81 bits per heavy atom. The number of benzene rings is 1. The van der Waals surface area contributed by atoms with Gasteiger partial charge in [-0.3, -0.25) is 5.43 Å². The van der Waals surface area contributed by atoms with Gasteiger partial charge < -0.3 is 9.15 Å². The molecule has 1 aromatic carbocycles. The summed E-state index contributed by atoms with van der Waals surface area (Å²) in [6.07, 6.45) is 1.51. The first-order valence-corrected chi connectivity index (χ1v) is 5.81. The number of rotatable bonds is 5. The molecular formula is C14H9FN4O2. The molecule has 1 aromatic heterocycles. The highest BCUT2D eigenvalue weighted by Gasteiger charge is 2.07. The first-order chi connectivity index (χ1) is 10.2. The van der Waals surface area contributed by atoms with Gasteiger partial charge in [-0.25, -0.2) is 4.39 Å². The van der Waals surface area contributed by atoms with E-state index in [2.05, 4.69) is 10.5 Å². The minimum atomic E-state index is -0.506. The van der Waals surface area contributed by atoms with Crippen molar-refractivity contribution in [2.75, 3.05) is 5.43 Å². The van der Waals surface area contributed by atoms with Crippen LogP contribution in [0.15, 0.2) is 46.1 Å². The number of furan rings is 1. The molecule has 0 unspecified atom stereocenters. The summed E-state index contributed by atoms with van der Waals surface area (Å²) < 4.78 is 23.9. The van der Waals surface area contributed by atoms with Gasteiger partial charge in [-0.2, -0.15) is 15.6 Å². The van der Waals surface area contributed by atoms with Crippen LogP contribution >= 0.6 is 0 Å². The molecule has 0 saturated carbocycles. The molecule has 0 aliphatic rings. The Hall–Kier alpha value is -3.32. The summed E-state index contributed by atoms with van der Waals surface area (Å²) in [4.78, 5) is 0. The van der Waals surface area contributed by atoms with Gasteiger partial charge in [0.1, 0.15) is 41.8 Å². The standard InChI is InChI=1S/C14H9FN4O2/c15-10-3-4-14(21-9-12-2-1-5-20-12)13(6-10)19-18-11(7-16)8-17/h1-6,19H,9H2. The third-order valence-electron chi connectivity index (χ3n) is 2.39. The van der Waals surface area contributed by atoms with Gasteiger partial charge in [0.2, 0.25) is 5.71 Å². The smallest absolute Gasteiger partial charge is 0.237 e. The van der Waals surface area contributed by atoms with Crippen LogP contribution in [0.5, 0.6) is 5.75 Å². The molecule has 1 heterocycles. The fourth-order valence-electron chi connectivity index (χ4n) is 1.45. The summed E-state index contributed by atoms with van der Waals surface area (Å²) in [5.74, 6) is 0.406. The van der Waals surface area contributed by atoms with Crippen LogP contribution in [0, 0.1) is 28.5 Å². The van der Waals surface area contributed by atoms with Crippen LogP contribution < -0.4 is 10.2 Å². The van der Waals surface area contributed by atoms with E-state index in [4.69, 9.17) is 19.7 Å². The van der Waals surface area contributed by atoms with Crippen molar-refractivity contribution >= 4 is 11.4 Å². The number of hydrazone groups is 1. The highest BCUT2D eigenvalue weighted by atomic mass is 19.1. The number of hydrogen-bond acceptors (Lipinski definition) is 6. The highest BCUT2D eigenvalue weighted by molar-refractivity contribution is 6.10. The third-order valence-corrected chi connectivity index (χ3v) is 2.39. The number of hydrogen-bond donors (Lipinski definition) is 1. The molecule has 21 heavy (non-hydrogen) atoms. The Bertz CT molecular complexity index is 710. The molecular weight excluding hydrogens is 275 g/mol. The molecule has 6 nitrogen and oxygen atoms in total. The van der Waals surface area contributed by atoms with E-state index in [1.165, 1.54) is 18.4 Å². The molecule has 0 atom stereocenters. The molecule has 0 bridgehead atoms. The Labute approximate surface area is 119 Å². The molecule has 7 heteroatoms. The Balaban J connectivity index is 2.16. The lowest BCUT2D eigenvalue weighted by Gasteiger charge is -2.10. The number of ether oxygens (including phenoxy) is 1. The second-order valence-electron chi connectivity index (χ2n) is 3.80. The van der Waals surface area contributed by atoms with Crippen LogP contribution in [-0.2, 0) is 6.61 Å². The Morgan fingerprint density at radius 1 is 1.33 bits per heavy atom. The monoisotopic (exact) mass is 284 g/mol. The maximum atomic E-state index is 13.3. The van der Waals surface area contributed by atoms with Gasteiger partial charge >= 0.3 is 0 Å². The van der Waals surface area contributed by atoms with Crippen molar-refractivity contribution < 1.29 is 13.5 Å². The van der Waals surface area contributed by atoms with E-state index in [-0.39, 0.29) is 18.0 Å². The minimum Gasteiger partial charge on any atom is -0.483 e. The molecule has 104 valence electrons. The average Bonchev–Trinajstić information content (AvgIpc) is 3.01. The van der Waals surface area contributed by atoms with E-state index in [0.29, 0.717) is 11.5 Å². The summed E-state index contributed by atoms with van der Waals surface area (Å²) in [7, 11) is 0. The molecule has 0 saturated heterocycles. The van der Waals surface area contributed by atoms with Crippen molar-refractivity contribution in [2.24, 2.45) is 5.10 Å². The molecule has 1 N–H and O–H groups in total. The third kappa shape index (κ3) is 3.82. The lowest BCUT2D eigenvalue weighted by atomic mass is 10.3. The summed E-state index contributed by atoms with van der Waals surface area (Å²) >= 11 is 0. The minimum absolute atomic E-state index is 0.153. The topological polar surface area (TPSA) is 94.3 Å². The van der Waals surface area contributed by atoms with Gasteiger partial charge in [0.15, 0.2) is 0 Å². The second kappa shape index (κ2) is 6.73. The lowest BCUT2D eigenvalue weighted by Crippen LogP contribution is -2.01. The summed E-state index contributed by atoms with van der Waals surface area (Å²) in [6.45, 7) is 0.153. The quantitative estimate of drug-likeness (QED) is 0.673. The molecule has 0 fully saturated rings. The number of nitriles is 2. The fraction of sp³-hybridized carbons (Fsp3) is 0.0714. The van der Waals surface area contributed by atoms with Gasteiger partial charge in [-0.1, -0.05) is 0 Å². The van der Waals surface area contributed by atoms with E-state index < -0.39 is 5.82 Å². The largest absolute Gasteiger partial charge is 0.483 e. The molecule has 0 aliphatic carbocycles. The molecule has 0 spiro atoms. The van der Waals surface area contributed by atoms with Crippen LogP contribution in [0.1, 0.15) is 5.76 Å². The molecule has 2 aromatic rings. The van der Waals surface area contributed by atoms with Crippen LogP contribution in [0.2, 0.25) is 0 Å². The highest BCUT2D eigenvalue weighted by Crippen LogP contribution is 2.26. The maximum absolute atomic E-state index is 13.3. The van der Waals surface area contributed by atoms with E-state index in [9.17, 15) is 4.39 Å². The van der Waals surface area contributed by atoms with Crippen molar-refractivity contribution in [3.05, 3.63) is 48.2 Å². The predicted octanol–water partition coefficient (Wildman–Crippen LogP) is 2.81. The van der Waals surface area contributed by atoms with Crippen molar-refractivity contribution in [3.63, 3.8) is 0 Å². The van der Waals surface area contributed by atoms with E-state index in [1.807, 2.05) is 0 Å². The van der Waals surface area contributed by atoms with Crippen LogP contribution in [-0.4, -0.2) is 5.71 Å². The van der Waals surface area contributed by atoms with Crippen molar-refractivity contribution in [1.29, 1.82) is 10.5 Å². The van der Waals surface area contributed by atoms with E-state index in [0.717, 1.165) is 6.07 Å². The molecule has 0 amide bonds. The van der Waals surface area contributed by atoms with Gasteiger partial charge in [-0.05, 0) is 24.3 Å². The van der Waals surface area contributed by atoms with Crippen LogP contribution in [0.25, 0.3) is 0 Å². The fourth-order valence-corrected chi connectivity index (χ4v) is 1.45. The number of nitrogens with one attached hydrogen (secondary N) is 1. The molecule has 2 rings (SSSR count). The zero-order valence-corrected chi connectivity index (χ0v) is 10.7.